The minimum atomic E-state index is -1.23. The van der Waals surface area contributed by atoms with Gasteiger partial charge in [0, 0.05) is 28.8 Å². The Morgan fingerprint density at radius 2 is 1.63 bits per heavy atom. The standard InChI is InChI=1S/C21H18ClN3O5/c22-14-6-7-18(17(10-14)21(28)29)24-20(27)13-30-12-19(26)23-15-4-3-5-16(11-15)25-8-1-2-9-25/h1-11H,12-13H2,(H,23,26)(H,24,27)(H,28,29). The average Bonchev–Trinajstić information content (AvgIpc) is 3.24. The number of hydrogen-bond donors (Lipinski definition) is 3. The fourth-order valence-corrected chi connectivity index (χ4v) is 2.85. The van der Waals surface area contributed by atoms with Crippen molar-refractivity contribution in [3.05, 3.63) is 77.6 Å². The Morgan fingerprint density at radius 3 is 2.33 bits per heavy atom. The van der Waals surface area contributed by atoms with Gasteiger partial charge in [-0.1, -0.05) is 17.7 Å². The number of nitrogens with one attached hydrogen (secondary N) is 2. The molecule has 2 aromatic carbocycles. The van der Waals surface area contributed by atoms with Gasteiger partial charge in [0.25, 0.3) is 0 Å². The van der Waals surface area contributed by atoms with Gasteiger partial charge in [0.2, 0.25) is 11.8 Å². The lowest BCUT2D eigenvalue weighted by molar-refractivity contribution is -0.125. The zero-order valence-electron chi connectivity index (χ0n) is 15.7. The second kappa shape index (κ2) is 9.73. The molecular formula is C21H18ClN3O5. The van der Waals surface area contributed by atoms with Gasteiger partial charge in [-0.3, -0.25) is 9.59 Å². The number of carbonyl (C=O) groups excluding carboxylic acids is 2. The number of amides is 2. The van der Waals surface area contributed by atoms with Crippen LogP contribution in [0, 0.1) is 0 Å². The van der Waals surface area contributed by atoms with Crippen LogP contribution in [-0.2, 0) is 14.3 Å². The van der Waals surface area contributed by atoms with E-state index in [0.717, 1.165) is 5.69 Å². The van der Waals surface area contributed by atoms with Crippen molar-refractivity contribution >= 4 is 40.8 Å². The molecule has 154 valence electrons. The molecule has 9 heteroatoms. The number of rotatable bonds is 8. The fraction of sp³-hybridized carbons (Fsp3) is 0.0952. The van der Waals surface area contributed by atoms with Crippen molar-refractivity contribution in [2.24, 2.45) is 0 Å². The van der Waals surface area contributed by atoms with Crippen LogP contribution >= 0.6 is 11.6 Å². The molecule has 3 aromatic rings. The Bertz CT molecular complexity index is 1070. The molecule has 30 heavy (non-hydrogen) atoms. The maximum atomic E-state index is 12.1. The zero-order chi connectivity index (χ0) is 21.5. The third-order valence-electron chi connectivity index (χ3n) is 3.98. The Labute approximate surface area is 177 Å². The Kier molecular flexibility index (Phi) is 6.84. The Hall–Kier alpha value is -3.62. The third kappa shape index (κ3) is 5.69. The lowest BCUT2D eigenvalue weighted by Crippen LogP contribution is -2.24. The summed E-state index contributed by atoms with van der Waals surface area (Å²) in [6, 6.07) is 15.1. The molecular weight excluding hydrogens is 410 g/mol. The number of ether oxygens (including phenoxy) is 1. The number of anilines is 2. The largest absolute Gasteiger partial charge is 0.478 e. The van der Waals surface area contributed by atoms with Crippen molar-refractivity contribution in [3.8, 4) is 5.69 Å². The fourth-order valence-electron chi connectivity index (χ4n) is 2.67. The molecule has 0 aliphatic rings. The summed E-state index contributed by atoms with van der Waals surface area (Å²) < 4.78 is 7.03. The molecule has 3 rings (SSSR count). The van der Waals surface area contributed by atoms with Gasteiger partial charge in [0.05, 0.1) is 11.3 Å². The number of aromatic carboxylic acids is 1. The van der Waals surface area contributed by atoms with Gasteiger partial charge in [-0.05, 0) is 48.5 Å². The number of carbonyl (C=O) groups is 3. The summed E-state index contributed by atoms with van der Waals surface area (Å²) in [5.41, 5.74) is 1.42. The maximum Gasteiger partial charge on any atom is 0.337 e. The summed E-state index contributed by atoms with van der Waals surface area (Å²) in [6.07, 6.45) is 3.78. The van der Waals surface area contributed by atoms with Crippen LogP contribution in [-0.4, -0.2) is 40.7 Å². The molecule has 1 heterocycles. The molecule has 0 saturated heterocycles. The van der Waals surface area contributed by atoms with Crippen LogP contribution in [0.5, 0.6) is 0 Å². The highest BCUT2D eigenvalue weighted by Gasteiger charge is 2.14. The van der Waals surface area contributed by atoms with Gasteiger partial charge in [0.15, 0.2) is 0 Å². The van der Waals surface area contributed by atoms with Gasteiger partial charge >= 0.3 is 5.97 Å². The third-order valence-corrected chi connectivity index (χ3v) is 4.22. The molecule has 0 saturated carbocycles. The summed E-state index contributed by atoms with van der Waals surface area (Å²) in [5, 5.41) is 14.5. The van der Waals surface area contributed by atoms with Crippen LogP contribution in [0.15, 0.2) is 67.0 Å². The van der Waals surface area contributed by atoms with Crippen molar-refractivity contribution in [1.29, 1.82) is 0 Å². The molecule has 3 N–H and O–H groups in total. The van der Waals surface area contributed by atoms with Crippen LogP contribution in [0.1, 0.15) is 10.4 Å². The molecule has 2 amide bonds. The van der Waals surface area contributed by atoms with Crippen LogP contribution in [0.2, 0.25) is 5.02 Å². The van der Waals surface area contributed by atoms with Gasteiger partial charge in [0.1, 0.15) is 13.2 Å². The van der Waals surface area contributed by atoms with E-state index < -0.39 is 24.4 Å². The first-order valence-electron chi connectivity index (χ1n) is 8.86. The van der Waals surface area contributed by atoms with Crippen molar-refractivity contribution in [2.75, 3.05) is 23.8 Å². The quantitative estimate of drug-likeness (QED) is 0.510. The molecule has 0 aliphatic heterocycles. The van der Waals surface area contributed by atoms with E-state index in [1.165, 1.54) is 18.2 Å². The van der Waals surface area contributed by atoms with Gasteiger partial charge in [-0.2, -0.15) is 0 Å². The van der Waals surface area contributed by atoms with Crippen LogP contribution in [0.25, 0.3) is 5.69 Å². The molecule has 0 radical (unpaired) electrons. The molecule has 0 bridgehead atoms. The summed E-state index contributed by atoms with van der Waals surface area (Å²) in [5.74, 6) is -2.25. The normalized spacial score (nSPS) is 10.4. The van der Waals surface area contributed by atoms with Gasteiger partial charge in [-0.15, -0.1) is 0 Å². The number of halogens is 1. The predicted molar refractivity (Wildman–Crippen MR) is 112 cm³/mol. The molecule has 0 atom stereocenters. The number of aromatic nitrogens is 1. The summed E-state index contributed by atoms with van der Waals surface area (Å²) >= 11 is 5.77. The molecule has 0 spiro atoms. The highest BCUT2D eigenvalue weighted by molar-refractivity contribution is 6.31. The van der Waals surface area contributed by atoms with E-state index in [2.05, 4.69) is 10.6 Å². The highest BCUT2D eigenvalue weighted by Crippen LogP contribution is 2.20. The number of carboxylic acids is 1. The van der Waals surface area contributed by atoms with Crippen molar-refractivity contribution < 1.29 is 24.2 Å². The molecule has 0 fully saturated rings. The minimum absolute atomic E-state index is 0.0896. The second-order valence-electron chi connectivity index (χ2n) is 6.22. The molecule has 0 unspecified atom stereocenters. The monoisotopic (exact) mass is 427 g/mol. The van der Waals surface area contributed by atoms with E-state index in [1.807, 2.05) is 41.2 Å². The van der Waals surface area contributed by atoms with E-state index in [-0.39, 0.29) is 22.9 Å². The molecule has 1 aromatic heterocycles. The van der Waals surface area contributed by atoms with Crippen molar-refractivity contribution in [3.63, 3.8) is 0 Å². The van der Waals surface area contributed by atoms with Crippen LogP contribution in [0.3, 0.4) is 0 Å². The van der Waals surface area contributed by atoms with Crippen LogP contribution < -0.4 is 10.6 Å². The second-order valence-corrected chi connectivity index (χ2v) is 6.66. The van der Waals surface area contributed by atoms with Crippen molar-refractivity contribution in [2.45, 2.75) is 0 Å². The minimum Gasteiger partial charge on any atom is -0.478 e. The SMILES string of the molecule is O=C(COCC(=O)Nc1ccc(Cl)cc1C(=O)O)Nc1cccc(-n2cccc2)c1. The topological polar surface area (TPSA) is 110 Å². The van der Waals surface area contributed by atoms with Crippen LogP contribution in [0.4, 0.5) is 11.4 Å². The lowest BCUT2D eigenvalue weighted by Gasteiger charge is -2.10. The lowest BCUT2D eigenvalue weighted by atomic mass is 10.2. The van der Waals surface area contributed by atoms with E-state index >= 15 is 0 Å². The first-order chi connectivity index (χ1) is 14.4. The number of carboxylic acid groups (broad SMARTS) is 1. The molecule has 8 nitrogen and oxygen atoms in total. The van der Waals surface area contributed by atoms with E-state index in [1.54, 1.807) is 12.1 Å². The highest BCUT2D eigenvalue weighted by atomic mass is 35.5. The Morgan fingerprint density at radius 1 is 0.933 bits per heavy atom. The van der Waals surface area contributed by atoms with E-state index in [9.17, 15) is 19.5 Å². The number of nitrogens with zero attached hydrogens (tertiary/aromatic N) is 1. The summed E-state index contributed by atoms with van der Waals surface area (Å²) in [7, 11) is 0. The first kappa shape index (κ1) is 21.1. The summed E-state index contributed by atoms with van der Waals surface area (Å²) in [6.45, 7) is -0.758. The predicted octanol–water partition coefficient (Wildman–Crippen LogP) is 3.42. The zero-order valence-corrected chi connectivity index (χ0v) is 16.4. The number of hydrogen-bond acceptors (Lipinski definition) is 4. The first-order valence-corrected chi connectivity index (χ1v) is 9.24. The van der Waals surface area contributed by atoms with E-state index in [4.69, 9.17) is 16.3 Å². The average molecular weight is 428 g/mol. The Balaban J connectivity index is 1.49. The number of benzene rings is 2. The smallest absolute Gasteiger partial charge is 0.337 e. The van der Waals surface area contributed by atoms with E-state index in [0.29, 0.717) is 5.69 Å². The van der Waals surface area contributed by atoms with Gasteiger partial charge in [-0.25, -0.2) is 4.79 Å². The van der Waals surface area contributed by atoms with Crippen molar-refractivity contribution in [1.82, 2.24) is 4.57 Å². The van der Waals surface area contributed by atoms with Gasteiger partial charge < -0.3 is 25.0 Å². The maximum absolute atomic E-state index is 12.1. The molecule has 0 aliphatic carbocycles. The summed E-state index contributed by atoms with van der Waals surface area (Å²) in [4.78, 5) is 35.3.